The molecule has 0 bridgehead atoms. The Morgan fingerprint density at radius 1 is 0.409 bits per heavy atom. The first kappa shape index (κ1) is 63.4. The van der Waals surface area contributed by atoms with Gasteiger partial charge in [-0.25, -0.2) is 0 Å². The predicted molar refractivity (Wildman–Crippen MR) is 265 cm³/mol. The molecule has 6 aromatic carbocycles. The minimum absolute atomic E-state index is 0.0277. The SMILES string of the molecule is OC(C1=CC2=C(CC(C(O)(c3cc(C(F)(F)F)cc(C(F)(F)F)c3)c3cc(C(F)(F)F)cc(C(F)(F)F)c3)=C3C=NC=c4ccc5ccccc5c4=C23)C2(CCOCC2)C1)(c1cc(C(F)(F)F)cc(C(F)(F)F)c1)c1cc(C(F)(F)F)cc(C(F)(F)F)c1. The Morgan fingerprint density at radius 3 is 1.14 bits per heavy atom. The number of halogens is 24. The van der Waals surface area contributed by atoms with Gasteiger partial charge in [0.2, 0.25) is 0 Å². The van der Waals surface area contributed by atoms with Crippen LogP contribution in [0.4, 0.5) is 105 Å². The summed E-state index contributed by atoms with van der Waals surface area (Å²) in [5.41, 5.74) is -39.1. The van der Waals surface area contributed by atoms with Crippen molar-refractivity contribution in [2.45, 2.75) is 86.3 Å². The van der Waals surface area contributed by atoms with E-state index in [1.807, 2.05) is 0 Å². The average Bonchev–Trinajstić information content (AvgIpc) is 0.917. The Hall–Kier alpha value is -7.59. The van der Waals surface area contributed by atoms with E-state index in [9.17, 15) is 116 Å². The van der Waals surface area contributed by atoms with Crippen molar-refractivity contribution < 1.29 is 120 Å². The fourth-order valence-electron chi connectivity index (χ4n) is 11.9. The van der Waals surface area contributed by atoms with Gasteiger partial charge in [0.15, 0.2) is 0 Å². The van der Waals surface area contributed by atoms with E-state index in [-0.39, 0.29) is 75.3 Å². The van der Waals surface area contributed by atoms with E-state index in [0.717, 1.165) is 12.3 Å². The zero-order chi connectivity index (χ0) is 64.7. The van der Waals surface area contributed by atoms with Crippen molar-refractivity contribution in [1.29, 1.82) is 0 Å². The Labute approximate surface area is 478 Å². The van der Waals surface area contributed by atoms with Crippen LogP contribution in [-0.4, -0.2) is 29.6 Å². The molecule has 0 atom stereocenters. The van der Waals surface area contributed by atoms with Crippen LogP contribution >= 0.6 is 0 Å². The maximum absolute atomic E-state index is 14.9. The van der Waals surface area contributed by atoms with Gasteiger partial charge in [-0.05, 0) is 159 Å². The van der Waals surface area contributed by atoms with Gasteiger partial charge in [-0.1, -0.05) is 48.0 Å². The number of aliphatic hydroxyl groups is 2. The minimum atomic E-state index is -5.84. The third kappa shape index (κ3) is 11.4. The molecule has 10 rings (SSSR count). The van der Waals surface area contributed by atoms with Crippen LogP contribution in [-0.2, 0) is 65.3 Å². The van der Waals surface area contributed by atoms with E-state index >= 15 is 0 Å². The van der Waals surface area contributed by atoms with Crippen LogP contribution in [0, 0.1) is 5.41 Å². The maximum atomic E-state index is 14.9. The lowest BCUT2D eigenvalue weighted by Crippen LogP contribution is -2.43. The van der Waals surface area contributed by atoms with Gasteiger partial charge in [0, 0.05) is 41.8 Å². The van der Waals surface area contributed by atoms with Crippen molar-refractivity contribution in [3.8, 4) is 0 Å². The Kier molecular flexibility index (Phi) is 15.0. The molecule has 0 amide bonds. The fourth-order valence-corrected chi connectivity index (χ4v) is 11.9. The van der Waals surface area contributed by atoms with E-state index in [1.165, 1.54) is 36.4 Å². The van der Waals surface area contributed by atoms with Gasteiger partial charge < -0.3 is 14.9 Å². The number of rotatable bonds is 6. The number of ether oxygens (including phenoxy) is 1. The maximum Gasteiger partial charge on any atom is 0.416 e. The third-order valence-corrected chi connectivity index (χ3v) is 16.0. The largest absolute Gasteiger partial charge is 0.416 e. The highest BCUT2D eigenvalue weighted by Crippen LogP contribution is 2.61. The first-order chi connectivity index (χ1) is 40.3. The number of fused-ring (bicyclic) bond motifs is 6. The highest BCUT2D eigenvalue weighted by molar-refractivity contribution is 6.08. The summed E-state index contributed by atoms with van der Waals surface area (Å²) in [7, 11) is 0. The summed E-state index contributed by atoms with van der Waals surface area (Å²) < 4.78 is 363. The second-order valence-corrected chi connectivity index (χ2v) is 21.3. The molecule has 6 aromatic rings. The van der Waals surface area contributed by atoms with Crippen LogP contribution in [0.1, 0.15) is 92.4 Å². The standard InChI is InChI=1S/C60H35F24NO3/c61-53(62,63)34-11-30(12-35(19-34)54(64,65)66)51(86,31-13-36(55(67,68)69)20-37(14-31)56(70,71)72)42-23-44-46(50(25-42)7-9-88-10-8-50)24-47(45-27-85-26-29-6-5-28-3-1-2-4-43(28)48(29)49(44)45)52(87,32-15-38(57(73,74)75)21-39(16-32)58(76,77)78)33-17-40(59(79,80)81)22-41(18-33)60(82,83)84/h1-6,11-23,26-27,86-87H,7-10,24-25H2. The van der Waals surface area contributed by atoms with Gasteiger partial charge in [0.25, 0.3) is 0 Å². The van der Waals surface area contributed by atoms with Crippen molar-refractivity contribution >= 4 is 28.8 Å². The van der Waals surface area contributed by atoms with Crippen LogP contribution in [0.15, 0.2) is 148 Å². The summed E-state index contributed by atoms with van der Waals surface area (Å²) in [6.07, 6.45) is -47.7. The van der Waals surface area contributed by atoms with Crippen molar-refractivity contribution in [2.24, 2.45) is 10.4 Å². The summed E-state index contributed by atoms with van der Waals surface area (Å²) >= 11 is 0. The summed E-state index contributed by atoms with van der Waals surface area (Å²) in [4.78, 5) is 4.22. The molecule has 28 heteroatoms. The highest BCUT2D eigenvalue weighted by atomic mass is 19.4. The number of benzene rings is 6. The molecule has 0 aromatic heterocycles. The molecule has 1 spiro atoms. The molecule has 2 aliphatic carbocycles. The summed E-state index contributed by atoms with van der Waals surface area (Å²) in [6, 6.07) is 5.03. The zero-order valence-corrected chi connectivity index (χ0v) is 43.7. The van der Waals surface area contributed by atoms with E-state index in [4.69, 9.17) is 4.74 Å². The first-order valence-electron chi connectivity index (χ1n) is 25.5. The molecular formula is C60H35F24NO3. The van der Waals surface area contributed by atoms with E-state index in [1.54, 1.807) is 0 Å². The molecular weight excluding hydrogens is 1240 g/mol. The van der Waals surface area contributed by atoms with Crippen molar-refractivity contribution in [1.82, 2.24) is 0 Å². The van der Waals surface area contributed by atoms with Crippen LogP contribution in [0.2, 0.25) is 0 Å². The molecule has 2 heterocycles. The quantitative estimate of drug-likeness (QED) is 0.163. The van der Waals surface area contributed by atoms with Gasteiger partial charge >= 0.3 is 49.4 Å². The lowest BCUT2D eigenvalue weighted by Gasteiger charge is -2.50. The number of hydrogen-bond donors (Lipinski definition) is 2. The van der Waals surface area contributed by atoms with Crippen LogP contribution < -0.4 is 10.4 Å². The van der Waals surface area contributed by atoms with Gasteiger partial charge in [-0.3, -0.25) is 4.99 Å². The average molecular weight is 1270 g/mol. The van der Waals surface area contributed by atoms with Crippen molar-refractivity contribution in [3.05, 3.63) is 220 Å². The molecule has 4 aliphatic rings. The molecule has 88 heavy (non-hydrogen) atoms. The molecule has 0 unspecified atom stereocenters. The Balaban J connectivity index is 1.44. The number of nitrogens with zero attached hydrogens (tertiary/aromatic N) is 1. The normalized spacial score (nSPS) is 17.4. The van der Waals surface area contributed by atoms with E-state index < -0.39 is 224 Å². The number of alkyl halides is 24. The van der Waals surface area contributed by atoms with Crippen LogP contribution in [0.25, 0.3) is 22.5 Å². The smallest absolute Gasteiger partial charge is 0.381 e. The molecule has 466 valence electrons. The number of hydrogen-bond acceptors (Lipinski definition) is 4. The lowest BCUT2D eigenvalue weighted by molar-refractivity contribution is -0.145. The molecule has 0 saturated carbocycles. The van der Waals surface area contributed by atoms with Crippen molar-refractivity contribution in [2.75, 3.05) is 13.2 Å². The monoisotopic (exact) mass is 1270 g/mol. The van der Waals surface area contributed by atoms with E-state index in [2.05, 4.69) is 4.99 Å². The number of allylic oxidation sites excluding steroid dienone is 4. The van der Waals surface area contributed by atoms with Crippen LogP contribution in [0.5, 0.6) is 0 Å². The van der Waals surface area contributed by atoms with Gasteiger partial charge in [0.05, 0.1) is 44.5 Å². The third-order valence-electron chi connectivity index (χ3n) is 16.0. The molecule has 2 aliphatic heterocycles. The van der Waals surface area contributed by atoms with E-state index in [0.29, 0.717) is 6.21 Å². The van der Waals surface area contributed by atoms with Crippen molar-refractivity contribution in [3.63, 3.8) is 0 Å². The Bertz CT molecular complexity index is 3820. The summed E-state index contributed by atoms with van der Waals surface area (Å²) in [5.74, 6) is 0. The van der Waals surface area contributed by atoms with Gasteiger partial charge in [0.1, 0.15) is 11.2 Å². The second-order valence-electron chi connectivity index (χ2n) is 21.3. The summed E-state index contributed by atoms with van der Waals surface area (Å²) in [6.45, 7) is -1.03. The zero-order valence-electron chi connectivity index (χ0n) is 43.7. The number of aliphatic imine (C=N–C) groups is 1. The molecule has 1 saturated heterocycles. The lowest BCUT2D eigenvalue weighted by atomic mass is 9.56. The first-order valence-corrected chi connectivity index (χ1v) is 25.5. The van der Waals surface area contributed by atoms with Gasteiger partial charge in [-0.2, -0.15) is 105 Å². The second kappa shape index (κ2) is 20.7. The van der Waals surface area contributed by atoms with Crippen LogP contribution in [0.3, 0.4) is 0 Å². The topological polar surface area (TPSA) is 62.0 Å². The minimum Gasteiger partial charge on any atom is -0.381 e. The van der Waals surface area contributed by atoms with Gasteiger partial charge in [-0.15, -0.1) is 0 Å². The molecule has 2 N–H and O–H groups in total. The molecule has 1 fully saturated rings. The fraction of sp³-hybridized carbons (Fsp3) is 0.283. The molecule has 4 nitrogen and oxygen atoms in total. The molecule has 0 radical (unpaired) electrons. The highest BCUT2D eigenvalue weighted by Gasteiger charge is 2.55. The Morgan fingerprint density at radius 2 is 0.761 bits per heavy atom. The summed E-state index contributed by atoms with van der Waals surface area (Å²) in [5, 5.41) is 27.3. The predicted octanol–water partition coefficient (Wildman–Crippen LogP) is 17.0.